The fourth-order valence-electron chi connectivity index (χ4n) is 2.73. The van der Waals surface area contributed by atoms with Crippen LogP contribution in [0.15, 0.2) is 84.9 Å². The van der Waals surface area contributed by atoms with Gasteiger partial charge in [0.05, 0.1) is 6.54 Å². The van der Waals surface area contributed by atoms with Gasteiger partial charge in [-0.3, -0.25) is 5.21 Å². The van der Waals surface area contributed by atoms with Gasteiger partial charge < -0.3 is 4.57 Å². The summed E-state index contributed by atoms with van der Waals surface area (Å²) in [7, 11) is -3.01. The summed E-state index contributed by atoms with van der Waals surface area (Å²) in [5, 5.41) is 11.3. The maximum Gasteiger partial charge on any atom is 0.171 e. The molecule has 0 amide bonds. The van der Waals surface area contributed by atoms with Crippen LogP contribution in [0.3, 0.4) is 0 Å². The van der Waals surface area contributed by atoms with E-state index in [1.54, 1.807) is 0 Å². The molecule has 3 nitrogen and oxygen atoms in total. The highest BCUT2D eigenvalue weighted by atomic mass is 31.2. The minimum atomic E-state index is -3.01. The third-order valence-electron chi connectivity index (χ3n) is 3.81. The molecule has 0 aliphatic rings. The summed E-state index contributed by atoms with van der Waals surface area (Å²) >= 11 is 0. The van der Waals surface area contributed by atoms with Crippen LogP contribution in [0.5, 0.6) is 0 Å². The number of hydroxylamine groups is 1. The molecule has 1 N–H and O–H groups in total. The molecular formula is C19H17NO2P. The Morgan fingerprint density at radius 1 is 0.739 bits per heavy atom. The normalized spacial score (nSPS) is 11.3. The van der Waals surface area contributed by atoms with Gasteiger partial charge in [0.25, 0.3) is 0 Å². The lowest BCUT2D eigenvalue weighted by Gasteiger charge is -2.22. The van der Waals surface area contributed by atoms with Gasteiger partial charge in [-0.25, -0.2) is 0 Å². The van der Waals surface area contributed by atoms with Crippen LogP contribution in [-0.4, -0.2) is 5.21 Å². The number of hydrogen-bond acceptors (Lipinski definition) is 2. The molecule has 3 aromatic rings. The average Bonchev–Trinajstić information content (AvgIpc) is 2.63. The molecule has 0 fully saturated rings. The van der Waals surface area contributed by atoms with Crippen molar-refractivity contribution in [1.29, 1.82) is 0 Å². The number of benzene rings is 3. The van der Waals surface area contributed by atoms with E-state index in [1.165, 1.54) is 0 Å². The summed E-state index contributed by atoms with van der Waals surface area (Å²) in [4.78, 5) is 0. The Bertz CT molecular complexity index is 776. The van der Waals surface area contributed by atoms with E-state index in [4.69, 9.17) is 5.21 Å². The topological polar surface area (TPSA) is 51.4 Å². The molecule has 0 aromatic heterocycles. The SMILES string of the molecule is O=P(c1ccccc1)(c1ccccc1)c1ccccc1C[N]O. The Labute approximate surface area is 135 Å². The fraction of sp³-hybridized carbons (Fsp3) is 0.0526. The van der Waals surface area contributed by atoms with Gasteiger partial charge in [0.15, 0.2) is 7.14 Å². The summed E-state index contributed by atoms with van der Waals surface area (Å²) in [5.74, 6) is 0. The number of nitrogens with zero attached hydrogens (tertiary/aromatic N) is 1. The molecule has 0 unspecified atom stereocenters. The van der Waals surface area contributed by atoms with Crippen molar-refractivity contribution >= 4 is 23.1 Å². The van der Waals surface area contributed by atoms with Crippen LogP contribution in [-0.2, 0) is 11.1 Å². The van der Waals surface area contributed by atoms with Crippen molar-refractivity contribution in [2.45, 2.75) is 6.54 Å². The molecule has 0 saturated carbocycles. The van der Waals surface area contributed by atoms with Gasteiger partial charge in [0.2, 0.25) is 0 Å². The molecule has 23 heavy (non-hydrogen) atoms. The molecule has 0 bridgehead atoms. The lowest BCUT2D eigenvalue weighted by Crippen LogP contribution is -2.28. The molecule has 1 radical (unpaired) electrons. The highest BCUT2D eigenvalue weighted by Gasteiger charge is 2.31. The second-order valence-corrected chi connectivity index (χ2v) is 7.94. The van der Waals surface area contributed by atoms with Crippen LogP contribution in [0.4, 0.5) is 0 Å². The van der Waals surface area contributed by atoms with Gasteiger partial charge >= 0.3 is 0 Å². The van der Waals surface area contributed by atoms with Crippen molar-refractivity contribution in [1.82, 2.24) is 5.48 Å². The first-order valence-electron chi connectivity index (χ1n) is 7.37. The predicted molar refractivity (Wildman–Crippen MR) is 93.5 cm³/mol. The molecule has 0 atom stereocenters. The van der Waals surface area contributed by atoms with Crippen LogP contribution in [0.2, 0.25) is 0 Å². The molecule has 0 aliphatic carbocycles. The van der Waals surface area contributed by atoms with Crippen LogP contribution < -0.4 is 21.4 Å². The summed E-state index contributed by atoms with van der Waals surface area (Å²) in [5.41, 5.74) is 4.02. The van der Waals surface area contributed by atoms with Crippen LogP contribution >= 0.6 is 7.14 Å². The molecule has 4 heteroatoms. The molecule has 0 saturated heterocycles. The van der Waals surface area contributed by atoms with E-state index in [0.717, 1.165) is 21.5 Å². The molecule has 0 spiro atoms. The zero-order chi connectivity index (χ0) is 16.1. The Hall–Kier alpha value is -2.19. The van der Waals surface area contributed by atoms with Gasteiger partial charge in [-0.1, -0.05) is 90.4 Å². The van der Waals surface area contributed by atoms with E-state index in [9.17, 15) is 4.57 Å². The predicted octanol–water partition coefficient (Wildman–Crippen LogP) is 2.82. The first kappa shape index (κ1) is 15.7. The largest absolute Gasteiger partial charge is 0.309 e. The van der Waals surface area contributed by atoms with E-state index in [0.29, 0.717) is 0 Å². The lowest BCUT2D eigenvalue weighted by molar-refractivity contribution is 0.150. The molecule has 115 valence electrons. The van der Waals surface area contributed by atoms with Crippen molar-refractivity contribution in [3.05, 3.63) is 90.5 Å². The summed E-state index contributed by atoms with van der Waals surface area (Å²) in [6.07, 6.45) is 0. The fourth-order valence-corrected chi connectivity index (χ4v) is 5.62. The van der Waals surface area contributed by atoms with Crippen molar-refractivity contribution in [3.63, 3.8) is 0 Å². The number of hydrogen-bond donors (Lipinski definition) is 1. The van der Waals surface area contributed by atoms with E-state index in [-0.39, 0.29) is 6.54 Å². The van der Waals surface area contributed by atoms with Gasteiger partial charge in [0, 0.05) is 15.9 Å². The Balaban J connectivity index is 2.28. The van der Waals surface area contributed by atoms with Crippen LogP contribution in [0.1, 0.15) is 5.56 Å². The molecule has 3 aromatic carbocycles. The maximum atomic E-state index is 14.2. The number of rotatable bonds is 5. The second-order valence-electron chi connectivity index (χ2n) is 5.21. The van der Waals surface area contributed by atoms with Gasteiger partial charge in [-0.2, -0.15) is 0 Å². The van der Waals surface area contributed by atoms with E-state index >= 15 is 0 Å². The molecule has 0 heterocycles. The highest BCUT2D eigenvalue weighted by molar-refractivity contribution is 7.85. The van der Waals surface area contributed by atoms with E-state index < -0.39 is 7.14 Å². The van der Waals surface area contributed by atoms with Crippen molar-refractivity contribution in [2.24, 2.45) is 0 Å². The van der Waals surface area contributed by atoms with Gasteiger partial charge in [0.1, 0.15) is 0 Å². The minimum absolute atomic E-state index is 0.125. The highest BCUT2D eigenvalue weighted by Crippen LogP contribution is 2.43. The Kier molecular flexibility index (Phi) is 4.73. The molecular weight excluding hydrogens is 305 g/mol. The Morgan fingerprint density at radius 3 is 1.74 bits per heavy atom. The zero-order valence-electron chi connectivity index (χ0n) is 12.5. The van der Waals surface area contributed by atoms with E-state index in [2.05, 4.69) is 5.48 Å². The third-order valence-corrected chi connectivity index (χ3v) is 6.98. The summed E-state index contributed by atoms with van der Waals surface area (Å²) < 4.78 is 14.2. The van der Waals surface area contributed by atoms with Crippen molar-refractivity contribution < 1.29 is 9.77 Å². The van der Waals surface area contributed by atoms with Gasteiger partial charge in [-0.15, -0.1) is 0 Å². The standard InChI is InChI=1S/C19H17NO2P/c21-20-15-16-9-7-8-14-19(16)23(22,17-10-3-1-4-11-17)18-12-5-2-6-13-18/h1-14,21H,15H2. The lowest BCUT2D eigenvalue weighted by atomic mass is 10.2. The van der Waals surface area contributed by atoms with Crippen LogP contribution in [0, 0.1) is 0 Å². The summed E-state index contributed by atoms with van der Waals surface area (Å²) in [6, 6.07) is 26.4. The maximum absolute atomic E-state index is 14.2. The average molecular weight is 322 g/mol. The first-order valence-corrected chi connectivity index (χ1v) is 9.08. The third kappa shape index (κ3) is 2.99. The minimum Gasteiger partial charge on any atom is -0.309 e. The molecule has 3 rings (SSSR count). The van der Waals surface area contributed by atoms with Crippen molar-refractivity contribution in [2.75, 3.05) is 0 Å². The monoisotopic (exact) mass is 322 g/mol. The summed E-state index contributed by atoms with van der Waals surface area (Å²) in [6.45, 7) is 0.125. The quantitative estimate of drug-likeness (QED) is 0.580. The van der Waals surface area contributed by atoms with Gasteiger partial charge in [-0.05, 0) is 5.56 Å². The van der Waals surface area contributed by atoms with E-state index in [1.807, 2.05) is 84.9 Å². The zero-order valence-corrected chi connectivity index (χ0v) is 13.4. The van der Waals surface area contributed by atoms with Crippen molar-refractivity contribution in [3.8, 4) is 0 Å². The Morgan fingerprint density at radius 2 is 1.22 bits per heavy atom. The second kappa shape index (κ2) is 6.93. The first-order chi connectivity index (χ1) is 11.3. The molecule has 0 aliphatic heterocycles. The van der Waals surface area contributed by atoms with Crippen LogP contribution in [0.25, 0.3) is 0 Å². The smallest absolute Gasteiger partial charge is 0.171 e.